The van der Waals surface area contributed by atoms with Crippen molar-refractivity contribution in [1.82, 2.24) is 0 Å². The van der Waals surface area contributed by atoms with Crippen LogP contribution < -0.4 is 5.73 Å². The number of nitrogens with zero attached hydrogens (tertiary/aromatic N) is 1. The van der Waals surface area contributed by atoms with Crippen LogP contribution in [0.4, 0.5) is 18.9 Å². The first-order chi connectivity index (χ1) is 6.45. The van der Waals surface area contributed by atoms with E-state index in [1.54, 1.807) is 6.07 Å². The Kier molecular flexibility index (Phi) is 2.65. The number of anilines is 1. The van der Waals surface area contributed by atoms with Crippen molar-refractivity contribution in [2.24, 2.45) is 0 Å². The van der Waals surface area contributed by atoms with E-state index in [-0.39, 0.29) is 12.1 Å². The smallest absolute Gasteiger partial charge is 0.398 e. The molecule has 0 aromatic heterocycles. The second-order valence-corrected chi connectivity index (χ2v) is 2.75. The van der Waals surface area contributed by atoms with Crippen molar-refractivity contribution in [3.05, 3.63) is 29.3 Å². The van der Waals surface area contributed by atoms with E-state index in [0.717, 1.165) is 12.1 Å². The summed E-state index contributed by atoms with van der Waals surface area (Å²) in [4.78, 5) is 0. The largest absolute Gasteiger partial charge is 0.418 e. The lowest BCUT2D eigenvalue weighted by molar-refractivity contribution is -0.136. The van der Waals surface area contributed by atoms with E-state index >= 15 is 0 Å². The Balaban J connectivity index is 3.17. The molecule has 0 spiro atoms. The summed E-state index contributed by atoms with van der Waals surface area (Å²) in [6.45, 7) is 0. The third-order valence-corrected chi connectivity index (χ3v) is 1.71. The van der Waals surface area contributed by atoms with Gasteiger partial charge in [-0.1, -0.05) is 6.07 Å². The molecule has 2 nitrogen and oxygen atoms in total. The predicted molar refractivity (Wildman–Crippen MR) is 45.2 cm³/mol. The molecule has 0 bridgehead atoms. The van der Waals surface area contributed by atoms with Crippen LogP contribution in [0.15, 0.2) is 18.2 Å². The van der Waals surface area contributed by atoms with E-state index < -0.39 is 11.7 Å². The van der Waals surface area contributed by atoms with Gasteiger partial charge < -0.3 is 5.73 Å². The molecule has 74 valence electrons. The van der Waals surface area contributed by atoms with Crippen LogP contribution in [0.3, 0.4) is 0 Å². The maximum Gasteiger partial charge on any atom is 0.418 e. The van der Waals surface area contributed by atoms with Crippen molar-refractivity contribution in [1.29, 1.82) is 5.26 Å². The molecule has 14 heavy (non-hydrogen) atoms. The van der Waals surface area contributed by atoms with E-state index in [2.05, 4.69) is 0 Å². The van der Waals surface area contributed by atoms with Gasteiger partial charge in [-0.3, -0.25) is 0 Å². The summed E-state index contributed by atoms with van der Waals surface area (Å²) in [7, 11) is 0. The SMILES string of the molecule is N#CCc1ccc(N)c(C(F)(F)F)c1. The average molecular weight is 200 g/mol. The summed E-state index contributed by atoms with van der Waals surface area (Å²) >= 11 is 0. The number of halogens is 3. The molecular formula is C9H7F3N2. The molecule has 1 aromatic rings. The number of rotatable bonds is 1. The van der Waals surface area contributed by atoms with Gasteiger partial charge in [0.15, 0.2) is 0 Å². The van der Waals surface area contributed by atoms with Gasteiger partial charge >= 0.3 is 6.18 Å². The van der Waals surface area contributed by atoms with Gasteiger partial charge in [0, 0.05) is 5.69 Å². The van der Waals surface area contributed by atoms with Gasteiger partial charge in [-0.2, -0.15) is 18.4 Å². The molecule has 0 aliphatic heterocycles. The highest BCUT2D eigenvalue weighted by molar-refractivity contribution is 5.50. The molecule has 1 rings (SSSR count). The molecule has 0 radical (unpaired) electrons. The zero-order valence-electron chi connectivity index (χ0n) is 7.10. The summed E-state index contributed by atoms with van der Waals surface area (Å²) in [6, 6.07) is 5.25. The summed E-state index contributed by atoms with van der Waals surface area (Å²) in [6.07, 6.45) is -4.51. The third kappa shape index (κ3) is 2.16. The Hall–Kier alpha value is -1.70. The van der Waals surface area contributed by atoms with Gasteiger partial charge in [0.05, 0.1) is 18.1 Å². The predicted octanol–water partition coefficient (Wildman–Crippen LogP) is 2.35. The zero-order chi connectivity index (χ0) is 10.8. The lowest BCUT2D eigenvalue weighted by atomic mass is 10.1. The minimum Gasteiger partial charge on any atom is -0.398 e. The lowest BCUT2D eigenvalue weighted by Gasteiger charge is -2.10. The fourth-order valence-corrected chi connectivity index (χ4v) is 1.05. The number of nitrogens with two attached hydrogens (primary N) is 1. The van der Waals surface area contributed by atoms with Gasteiger partial charge in [-0.15, -0.1) is 0 Å². The van der Waals surface area contributed by atoms with Gasteiger partial charge in [-0.25, -0.2) is 0 Å². The third-order valence-electron chi connectivity index (χ3n) is 1.71. The number of hydrogen-bond acceptors (Lipinski definition) is 2. The van der Waals surface area contributed by atoms with Crippen molar-refractivity contribution in [3.63, 3.8) is 0 Å². The quantitative estimate of drug-likeness (QED) is 0.707. The molecule has 0 aliphatic rings. The van der Waals surface area contributed by atoms with Crippen LogP contribution >= 0.6 is 0 Å². The molecule has 0 aliphatic carbocycles. The van der Waals surface area contributed by atoms with Gasteiger partial charge in [-0.05, 0) is 17.7 Å². The highest BCUT2D eigenvalue weighted by Crippen LogP contribution is 2.33. The topological polar surface area (TPSA) is 49.8 Å². The highest BCUT2D eigenvalue weighted by Gasteiger charge is 2.32. The lowest BCUT2D eigenvalue weighted by Crippen LogP contribution is -2.09. The summed E-state index contributed by atoms with van der Waals surface area (Å²) < 4.78 is 36.9. The number of hydrogen-bond donors (Lipinski definition) is 1. The Bertz CT molecular complexity index is 377. The van der Waals surface area contributed by atoms with Crippen LogP contribution in [0.25, 0.3) is 0 Å². The van der Waals surface area contributed by atoms with Crippen LogP contribution in [0.2, 0.25) is 0 Å². The van der Waals surface area contributed by atoms with E-state index in [0.29, 0.717) is 5.56 Å². The van der Waals surface area contributed by atoms with E-state index in [9.17, 15) is 13.2 Å². The van der Waals surface area contributed by atoms with Crippen molar-refractivity contribution in [2.45, 2.75) is 12.6 Å². The number of nitrogen functional groups attached to an aromatic ring is 1. The van der Waals surface area contributed by atoms with Gasteiger partial charge in [0.2, 0.25) is 0 Å². The van der Waals surface area contributed by atoms with Crippen LogP contribution in [-0.2, 0) is 12.6 Å². The second kappa shape index (κ2) is 3.58. The van der Waals surface area contributed by atoms with Crippen molar-refractivity contribution in [3.8, 4) is 6.07 Å². The first-order valence-electron chi connectivity index (χ1n) is 3.77. The zero-order valence-corrected chi connectivity index (χ0v) is 7.10. The molecule has 0 saturated carbocycles. The van der Waals surface area contributed by atoms with Crippen molar-refractivity contribution < 1.29 is 13.2 Å². The molecule has 0 fully saturated rings. The van der Waals surface area contributed by atoms with E-state index in [1.165, 1.54) is 6.07 Å². The maximum atomic E-state index is 12.3. The van der Waals surface area contributed by atoms with E-state index in [4.69, 9.17) is 11.0 Å². The first kappa shape index (κ1) is 10.4. The summed E-state index contributed by atoms with van der Waals surface area (Å²) in [5.74, 6) is 0. The Labute approximate surface area is 78.8 Å². The normalized spacial score (nSPS) is 11.0. The number of benzene rings is 1. The Morgan fingerprint density at radius 1 is 1.36 bits per heavy atom. The molecule has 0 atom stereocenters. The monoisotopic (exact) mass is 200 g/mol. The van der Waals surface area contributed by atoms with Crippen molar-refractivity contribution >= 4 is 5.69 Å². The van der Waals surface area contributed by atoms with Gasteiger partial charge in [0.1, 0.15) is 0 Å². The maximum absolute atomic E-state index is 12.3. The second-order valence-electron chi connectivity index (χ2n) is 2.75. The number of alkyl halides is 3. The molecular weight excluding hydrogens is 193 g/mol. The molecule has 0 saturated heterocycles. The average Bonchev–Trinajstić information content (AvgIpc) is 2.07. The van der Waals surface area contributed by atoms with Crippen LogP contribution in [0.1, 0.15) is 11.1 Å². The van der Waals surface area contributed by atoms with E-state index in [1.807, 2.05) is 0 Å². The standard InChI is InChI=1S/C9H7F3N2/c10-9(11,12)7-5-6(3-4-13)1-2-8(7)14/h1-2,5H,3,14H2. The molecule has 0 unspecified atom stereocenters. The molecule has 2 N–H and O–H groups in total. The van der Waals surface area contributed by atoms with Crippen LogP contribution in [0.5, 0.6) is 0 Å². The van der Waals surface area contributed by atoms with Crippen LogP contribution in [-0.4, -0.2) is 0 Å². The highest BCUT2D eigenvalue weighted by atomic mass is 19.4. The molecule has 0 amide bonds. The summed E-state index contributed by atoms with van der Waals surface area (Å²) in [5.41, 5.74) is 4.28. The summed E-state index contributed by atoms with van der Waals surface area (Å²) in [5, 5.41) is 8.32. The number of nitriles is 1. The minimum absolute atomic E-state index is 0.0522. The van der Waals surface area contributed by atoms with Gasteiger partial charge in [0.25, 0.3) is 0 Å². The van der Waals surface area contributed by atoms with Crippen molar-refractivity contribution in [2.75, 3.05) is 5.73 Å². The Morgan fingerprint density at radius 3 is 2.50 bits per heavy atom. The van der Waals surface area contributed by atoms with Crippen LogP contribution in [0, 0.1) is 11.3 Å². The molecule has 1 aromatic carbocycles. The first-order valence-corrected chi connectivity index (χ1v) is 3.77. The Morgan fingerprint density at radius 2 is 2.00 bits per heavy atom. The minimum atomic E-state index is -4.46. The molecule has 5 heteroatoms. The fraction of sp³-hybridized carbons (Fsp3) is 0.222. The molecule has 0 heterocycles. The fourth-order valence-electron chi connectivity index (χ4n) is 1.05.